The summed E-state index contributed by atoms with van der Waals surface area (Å²) in [4.78, 5) is 0. The molecule has 0 fully saturated rings. The first-order chi connectivity index (χ1) is 4.95. The fourth-order valence-corrected chi connectivity index (χ4v) is 0.801. The molecular weight excluding hydrogens is 138 g/mol. The van der Waals surface area contributed by atoms with Crippen molar-refractivity contribution < 1.29 is 0 Å². The maximum atomic E-state index is 5.82. The number of hydrogen-bond acceptors (Lipinski definition) is 3. The zero-order valence-electron chi connectivity index (χ0n) is 7.75. The molecule has 0 aliphatic rings. The summed E-state index contributed by atoms with van der Waals surface area (Å²) >= 11 is 0. The molecule has 1 unspecified atom stereocenters. The third-order valence-electron chi connectivity index (χ3n) is 2.08. The Labute approximate surface area is 69.3 Å². The van der Waals surface area contributed by atoms with E-state index in [9.17, 15) is 0 Å². The molecule has 0 rings (SSSR count). The van der Waals surface area contributed by atoms with Crippen LogP contribution in [-0.2, 0) is 0 Å². The van der Waals surface area contributed by atoms with Gasteiger partial charge in [-0.3, -0.25) is 0 Å². The first kappa shape index (κ1) is 10.9. The molecule has 0 spiro atoms. The zero-order valence-corrected chi connectivity index (χ0v) is 7.75. The van der Waals surface area contributed by atoms with E-state index in [1.807, 2.05) is 6.92 Å². The van der Waals surface area contributed by atoms with Gasteiger partial charge in [0.25, 0.3) is 0 Å². The minimum atomic E-state index is 0.0346. The van der Waals surface area contributed by atoms with Crippen LogP contribution in [0.15, 0.2) is 0 Å². The molecule has 0 aliphatic heterocycles. The van der Waals surface area contributed by atoms with Crippen LogP contribution >= 0.6 is 0 Å². The summed E-state index contributed by atoms with van der Waals surface area (Å²) in [5.41, 5.74) is 17.2. The minimum Gasteiger partial charge on any atom is -0.327 e. The summed E-state index contributed by atoms with van der Waals surface area (Å²) in [6.45, 7) is 6.11. The molecule has 0 radical (unpaired) electrons. The van der Waals surface area contributed by atoms with Crippen molar-refractivity contribution in [1.29, 1.82) is 0 Å². The van der Waals surface area contributed by atoms with Crippen molar-refractivity contribution in [1.82, 2.24) is 0 Å². The average Bonchev–Trinajstić information content (AvgIpc) is 1.87. The summed E-state index contributed by atoms with van der Waals surface area (Å²) in [5.74, 6) is 0.486. The molecule has 0 saturated carbocycles. The second-order valence-electron chi connectivity index (χ2n) is 3.67. The Balaban J connectivity index is 3.66. The van der Waals surface area contributed by atoms with Crippen molar-refractivity contribution in [2.24, 2.45) is 23.1 Å². The van der Waals surface area contributed by atoms with Gasteiger partial charge in [0.05, 0.1) is 0 Å². The highest BCUT2D eigenvalue weighted by Gasteiger charge is 2.14. The molecule has 0 heterocycles. The van der Waals surface area contributed by atoms with Crippen LogP contribution in [0.4, 0.5) is 0 Å². The molecule has 0 aromatic rings. The molecular formula is C8H21N3. The Bertz CT molecular complexity index is 89.5. The summed E-state index contributed by atoms with van der Waals surface area (Å²) < 4.78 is 0. The Morgan fingerprint density at radius 3 is 1.64 bits per heavy atom. The lowest BCUT2D eigenvalue weighted by molar-refractivity contribution is 0.399. The highest BCUT2D eigenvalue weighted by atomic mass is 14.8. The van der Waals surface area contributed by atoms with Crippen molar-refractivity contribution in [3.05, 3.63) is 0 Å². The molecule has 11 heavy (non-hydrogen) atoms. The smallest absolute Gasteiger partial charge is 0.0204 e. The highest BCUT2D eigenvalue weighted by Crippen LogP contribution is 2.05. The molecule has 0 amide bonds. The Hall–Kier alpha value is -0.120. The van der Waals surface area contributed by atoms with Gasteiger partial charge in [-0.2, -0.15) is 0 Å². The topological polar surface area (TPSA) is 78.1 Å². The molecule has 0 aromatic heterocycles. The van der Waals surface area contributed by atoms with Crippen LogP contribution < -0.4 is 17.2 Å². The molecule has 0 aromatic carbocycles. The van der Waals surface area contributed by atoms with Gasteiger partial charge in [0.15, 0.2) is 0 Å². The van der Waals surface area contributed by atoms with Crippen LogP contribution in [0, 0.1) is 5.92 Å². The fourth-order valence-electron chi connectivity index (χ4n) is 0.801. The van der Waals surface area contributed by atoms with Crippen LogP contribution in [0.3, 0.4) is 0 Å². The van der Waals surface area contributed by atoms with Gasteiger partial charge >= 0.3 is 0 Å². The molecule has 0 aliphatic carbocycles. The Kier molecular flexibility index (Phi) is 4.65. The average molecular weight is 159 g/mol. The second kappa shape index (κ2) is 4.70. The van der Waals surface area contributed by atoms with E-state index in [1.165, 1.54) is 0 Å². The molecule has 3 nitrogen and oxygen atoms in total. The van der Waals surface area contributed by atoms with Crippen molar-refractivity contribution in [3.63, 3.8) is 0 Å². The van der Waals surface area contributed by atoms with Gasteiger partial charge in [0.2, 0.25) is 0 Å². The zero-order chi connectivity index (χ0) is 9.02. The van der Waals surface area contributed by atoms with E-state index in [4.69, 9.17) is 17.2 Å². The minimum absolute atomic E-state index is 0.0346. The third-order valence-corrected chi connectivity index (χ3v) is 2.08. The standard InChI is InChI=1S/C8H21N3/c1-5(2)7(10)4-8(11)6(3)9/h5-8H,4,9-11H2,1-3H3/t6-,7?,8+/m1/s1. The summed E-state index contributed by atoms with van der Waals surface area (Å²) in [5, 5.41) is 0. The Morgan fingerprint density at radius 1 is 0.909 bits per heavy atom. The van der Waals surface area contributed by atoms with Crippen molar-refractivity contribution >= 4 is 0 Å². The van der Waals surface area contributed by atoms with E-state index >= 15 is 0 Å². The number of rotatable bonds is 4. The Morgan fingerprint density at radius 2 is 1.36 bits per heavy atom. The van der Waals surface area contributed by atoms with Gasteiger partial charge in [-0.25, -0.2) is 0 Å². The van der Waals surface area contributed by atoms with Crippen molar-refractivity contribution in [2.75, 3.05) is 0 Å². The summed E-state index contributed by atoms with van der Waals surface area (Å²) in [7, 11) is 0. The predicted octanol–water partition coefficient (Wildman–Crippen LogP) is 0.0343. The molecule has 0 bridgehead atoms. The van der Waals surface area contributed by atoms with Gasteiger partial charge in [-0.15, -0.1) is 0 Å². The number of hydrogen-bond donors (Lipinski definition) is 3. The first-order valence-corrected chi connectivity index (χ1v) is 4.22. The molecule has 6 N–H and O–H groups in total. The van der Waals surface area contributed by atoms with E-state index in [1.54, 1.807) is 0 Å². The summed E-state index contributed by atoms with van der Waals surface area (Å²) in [6, 6.07) is 0.253. The van der Waals surface area contributed by atoms with Crippen LogP contribution in [0.2, 0.25) is 0 Å². The third kappa shape index (κ3) is 4.35. The van der Waals surface area contributed by atoms with Crippen molar-refractivity contribution in [2.45, 2.75) is 45.3 Å². The lowest BCUT2D eigenvalue weighted by Crippen LogP contribution is -2.44. The van der Waals surface area contributed by atoms with Crippen LogP contribution in [-0.4, -0.2) is 18.1 Å². The van der Waals surface area contributed by atoms with Gasteiger partial charge in [0.1, 0.15) is 0 Å². The molecule has 68 valence electrons. The quantitative estimate of drug-likeness (QED) is 0.541. The highest BCUT2D eigenvalue weighted by molar-refractivity contribution is 4.78. The fraction of sp³-hybridized carbons (Fsp3) is 1.00. The van der Waals surface area contributed by atoms with E-state index in [2.05, 4.69) is 13.8 Å². The van der Waals surface area contributed by atoms with Crippen LogP contribution in [0.5, 0.6) is 0 Å². The van der Waals surface area contributed by atoms with E-state index in [-0.39, 0.29) is 18.1 Å². The van der Waals surface area contributed by atoms with Gasteiger partial charge < -0.3 is 17.2 Å². The van der Waals surface area contributed by atoms with E-state index in [0.717, 1.165) is 6.42 Å². The maximum absolute atomic E-state index is 5.82. The SMILES string of the molecule is CC(C)C(N)C[C@H](N)[C@@H](C)N. The molecule has 3 heteroatoms. The summed E-state index contributed by atoms with van der Waals surface area (Å²) in [6.07, 6.45) is 0.815. The largest absolute Gasteiger partial charge is 0.327 e. The first-order valence-electron chi connectivity index (χ1n) is 4.22. The lowest BCUT2D eigenvalue weighted by Gasteiger charge is -2.22. The van der Waals surface area contributed by atoms with Gasteiger partial charge in [-0.05, 0) is 19.3 Å². The van der Waals surface area contributed by atoms with Gasteiger partial charge in [-0.1, -0.05) is 13.8 Å². The van der Waals surface area contributed by atoms with Crippen LogP contribution in [0.25, 0.3) is 0 Å². The molecule has 0 saturated heterocycles. The maximum Gasteiger partial charge on any atom is 0.0204 e. The van der Waals surface area contributed by atoms with E-state index < -0.39 is 0 Å². The monoisotopic (exact) mass is 159 g/mol. The second-order valence-corrected chi connectivity index (χ2v) is 3.67. The van der Waals surface area contributed by atoms with Crippen molar-refractivity contribution in [3.8, 4) is 0 Å². The normalized spacial score (nSPS) is 19.9. The molecule has 3 atom stereocenters. The predicted molar refractivity (Wildman–Crippen MR) is 49.1 cm³/mol. The van der Waals surface area contributed by atoms with Gasteiger partial charge in [0, 0.05) is 18.1 Å². The lowest BCUT2D eigenvalue weighted by atomic mass is 9.95. The van der Waals surface area contributed by atoms with Crippen LogP contribution in [0.1, 0.15) is 27.2 Å². The van der Waals surface area contributed by atoms with E-state index in [0.29, 0.717) is 5.92 Å². The number of nitrogens with two attached hydrogens (primary N) is 3.